The molecule has 0 N–H and O–H groups in total. The first kappa shape index (κ1) is 14.0. The van der Waals surface area contributed by atoms with E-state index in [0.717, 1.165) is 12.2 Å². The molecule has 1 aromatic rings. The maximum atomic E-state index is 11.5. The highest BCUT2D eigenvalue weighted by atomic mass is 16.5. The number of hydrogen-bond acceptors (Lipinski definition) is 4. The summed E-state index contributed by atoms with van der Waals surface area (Å²) in [6.45, 7) is 4.66. The minimum Gasteiger partial charge on any atom is -0.450 e. The minimum atomic E-state index is -0.335. The number of nitriles is 1. The van der Waals surface area contributed by atoms with Crippen LogP contribution >= 0.6 is 0 Å². The number of benzene rings is 1. The molecule has 0 aromatic heterocycles. The van der Waals surface area contributed by atoms with Crippen LogP contribution in [0.3, 0.4) is 0 Å². The molecule has 96 valence electrons. The van der Waals surface area contributed by atoms with E-state index < -0.39 is 0 Å². The maximum absolute atomic E-state index is 11.5. The molecule has 4 nitrogen and oxygen atoms in total. The van der Waals surface area contributed by atoms with Crippen molar-refractivity contribution in [2.45, 2.75) is 26.3 Å². The van der Waals surface area contributed by atoms with Crippen LogP contribution in [0.25, 0.3) is 0 Å². The van der Waals surface area contributed by atoms with E-state index in [2.05, 4.69) is 4.90 Å². The number of para-hydroxylation sites is 1. The molecule has 1 aromatic carbocycles. The highest BCUT2D eigenvalue weighted by Gasteiger charge is 2.17. The first-order chi connectivity index (χ1) is 8.69. The molecule has 0 aliphatic rings. The largest absolute Gasteiger partial charge is 0.450 e. The van der Waals surface area contributed by atoms with E-state index in [4.69, 9.17) is 10.00 Å². The van der Waals surface area contributed by atoms with Gasteiger partial charge in [-0.3, -0.25) is 4.79 Å². The lowest BCUT2D eigenvalue weighted by atomic mass is 10.1. The van der Waals surface area contributed by atoms with Gasteiger partial charge >= 0.3 is 5.97 Å². The van der Waals surface area contributed by atoms with Crippen molar-refractivity contribution in [3.05, 3.63) is 30.3 Å². The molecule has 1 rings (SSSR count). The Labute approximate surface area is 108 Å². The SMILES string of the molecule is CCN(c1ccccc1)C(C)CC(=O)OCC#N. The van der Waals surface area contributed by atoms with Gasteiger partial charge in [-0.1, -0.05) is 18.2 Å². The van der Waals surface area contributed by atoms with Gasteiger partial charge < -0.3 is 9.64 Å². The predicted molar refractivity (Wildman–Crippen MR) is 70.1 cm³/mol. The summed E-state index contributed by atoms with van der Waals surface area (Å²) in [6, 6.07) is 11.8. The Morgan fingerprint density at radius 1 is 1.44 bits per heavy atom. The van der Waals surface area contributed by atoms with Crippen LogP contribution in [0.4, 0.5) is 5.69 Å². The second-order valence-electron chi connectivity index (χ2n) is 3.99. The highest BCUT2D eigenvalue weighted by Crippen LogP contribution is 2.17. The molecular formula is C14H18N2O2. The zero-order valence-electron chi connectivity index (χ0n) is 10.8. The van der Waals surface area contributed by atoms with Gasteiger partial charge in [0.05, 0.1) is 6.42 Å². The monoisotopic (exact) mass is 246 g/mol. The summed E-state index contributed by atoms with van der Waals surface area (Å²) in [5.41, 5.74) is 1.08. The number of carbonyl (C=O) groups excluding carboxylic acids is 1. The fourth-order valence-corrected chi connectivity index (χ4v) is 1.89. The summed E-state index contributed by atoms with van der Waals surface area (Å²) < 4.78 is 4.77. The summed E-state index contributed by atoms with van der Waals surface area (Å²) in [6.07, 6.45) is 0.282. The molecule has 0 spiro atoms. The lowest BCUT2D eigenvalue weighted by Crippen LogP contribution is -2.35. The van der Waals surface area contributed by atoms with Crippen LogP contribution in [-0.2, 0) is 9.53 Å². The Bertz CT molecular complexity index is 412. The fraction of sp³-hybridized carbons (Fsp3) is 0.429. The average Bonchev–Trinajstić information content (AvgIpc) is 2.38. The average molecular weight is 246 g/mol. The maximum Gasteiger partial charge on any atom is 0.308 e. The van der Waals surface area contributed by atoms with Gasteiger partial charge in [0.2, 0.25) is 0 Å². The Morgan fingerprint density at radius 3 is 2.67 bits per heavy atom. The standard InChI is InChI=1S/C14H18N2O2/c1-3-16(13-7-5-4-6-8-13)12(2)11-14(17)18-10-9-15/h4-8,12H,3,10-11H2,1-2H3. The zero-order chi connectivity index (χ0) is 13.4. The van der Waals surface area contributed by atoms with Crippen LogP contribution in [0, 0.1) is 11.3 Å². The molecule has 0 heterocycles. The minimum absolute atomic E-state index is 0.0450. The summed E-state index contributed by atoms with van der Waals surface area (Å²) in [5.74, 6) is -0.335. The van der Waals surface area contributed by atoms with E-state index in [1.165, 1.54) is 0 Å². The van der Waals surface area contributed by atoms with Crippen molar-refractivity contribution < 1.29 is 9.53 Å². The summed E-state index contributed by atoms with van der Waals surface area (Å²) in [5, 5.41) is 8.34. The van der Waals surface area contributed by atoms with E-state index in [9.17, 15) is 4.79 Å². The number of hydrogen-bond donors (Lipinski definition) is 0. The number of anilines is 1. The van der Waals surface area contributed by atoms with Crippen LogP contribution in [0.5, 0.6) is 0 Å². The van der Waals surface area contributed by atoms with Gasteiger partial charge in [-0.25, -0.2) is 0 Å². The molecule has 0 amide bonds. The molecule has 0 saturated heterocycles. The van der Waals surface area contributed by atoms with Crippen LogP contribution in [0.15, 0.2) is 30.3 Å². The van der Waals surface area contributed by atoms with Crippen LogP contribution in [-0.4, -0.2) is 25.2 Å². The molecule has 0 saturated carbocycles. The second kappa shape index (κ2) is 7.33. The van der Waals surface area contributed by atoms with Crippen molar-refractivity contribution in [3.8, 4) is 6.07 Å². The van der Waals surface area contributed by atoms with Gasteiger partial charge in [-0.05, 0) is 26.0 Å². The van der Waals surface area contributed by atoms with Crippen molar-refractivity contribution in [2.75, 3.05) is 18.1 Å². The van der Waals surface area contributed by atoms with Gasteiger partial charge in [0.15, 0.2) is 6.61 Å². The lowest BCUT2D eigenvalue weighted by molar-refractivity contribution is -0.142. The molecule has 18 heavy (non-hydrogen) atoms. The molecule has 0 aliphatic heterocycles. The molecule has 4 heteroatoms. The lowest BCUT2D eigenvalue weighted by Gasteiger charge is -2.29. The van der Waals surface area contributed by atoms with Crippen LogP contribution in [0.1, 0.15) is 20.3 Å². The quantitative estimate of drug-likeness (QED) is 0.723. The van der Waals surface area contributed by atoms with Gasteiger partial charge in [0, 0.05) is 18.3 Å². The van der Waals surface area contributed by atoms with E-state index in [1.54, 1.807) is 6.07 Å². The topological polar surface area (TPSA) is 53.3 Å². The molecule has 0 radical (unpaired) electrons. The third-order valence-electron chi connectivity index (χ3n) is 2.72. The predicted octanol–water partition coefficient (Wildman–Crippen LogP) is 2.36. The Balaban J connectivity index is 2.61. The molecular weight excluding hydrogens is 228 g/mol. The number of ether oxygens (including phenoxy) is 1. The smallest absolute Gasteiger partial charge is 0.308 e. The van der Waals surface area contributed by atoms with Crippen molar-refractivity contribution >= 4 is 11.7 Å². The summed E-state index contributed by atoms with van der Waals surface area (Å²) in [4.78, 5) is 13.6. The first-order valence-electron chi connectivity index (χ1n) is 6.03. The third-order valence-corrected chi connectivity index (χ3v) is 2.72. The number of carbonyl (C=O) groups is 1. The molecule has 0 bridgehead atoms. The van der Waals surface area contributed by atoms with E-state index in [0.29, 0.717) is 0 Å². The fourth-order valence-electron chi connectivity index (χ4n) is 1.89. The van der Waals surface area contributed by atoms with Gasteiger partial charge in [0.25, 0.3) is 0 Å². The molecule has 1 atom stereocenters. The molecule has 0 aliphatic carbocycles. The number of rotatable bonds is 6. The highest BCUT2D eigenvalue weighted by molar-refractivity contribution is 5.71. The Morgan fingerprint density at radius 2 is 2.11 bits per heavy atom. The second-order valence-corrected chi connectivity index (χ2v) is 3.99. The first-order valence-corrected chi connectivity index (χ1v) is 6.03. The van der Waals surface area contributed by atoms with E-state index in [-0.39, 0.29) is 25.0 Å². The molecule has 0 fully saturated rings. The van der Waals surface area contributed by atoms with E-state index in [1.807, 2.05) is 44.2 Å². The van der Waals surface area contributed by atoms with Crippen LogP contribution in [0.2, 0.25) is 0 Å². The Kier molecular flexibility index (Phi) is 5.72. The van der Waals surface area contributed by atoms with Crippen molar-refractivity contribution in [1.29, 1.82) is 5.26 Å². The Hall–Kier alpha value is -2.02. The van der Waals surface area contributed by atoms with Crippen molar-refractivity contribution in [3.63, 3.8) is 0 Å². The zero-order valence-corrected chi connectivity index (χ0v) is 10.8. The van der Waals surface area contributed by atoms with Gasteiger partial charge in [0.1, 0.15) is 6.07 Å². The molecule has 1 unspecified atom stereocenters. The summed E-state index contributed by atoms with van der Waals surface area (Å²) >= 11 is 0. The normalized spacial score (nSPS) is 11.4. The van der Waals surface area contributed by atoms with Crippen LogP contribution < -0.4 is 4.90 Å². The van der Waals surface area contributed by atoms with Crippen molar-refractivity contribution in [2.24, 2.45) is 0 Å². The number of esters is 1. The van der Waals surface area contributed by atoms with Crippen molar-refractivity contribution in [1.82, 2.24) is 0 Å². The number of nitrogens with zero attached hydrogens (tertiary/aromatic N) is 2. The van der Waals surface area contributed by atoms with Gasteiger partial charge in [-0.2, -0.15) is 5.26 Å². The third kappa shape index (κ3) is 4.10. The summed E-state index contributed by atoms with van der Waals surface area (Å²) in [7, 11) is 0. The van der Waals surface area contributed by atoms with Gasteiger partial charge in [-0.15, -0.1) is 0 Å². The van der Waals surface area contributed by atoms with E-state index >= 15 is 0 Å².